The molecule has 1 heterocycles. The van der Waals surface area contributed by atoms with Gasteiger partial charge >= 0.3 is 0 Å². The fourth-order valence-corrected chi connectivity index (χ4v) is 2.97. The molecule has 0 saturated heterocycles. The number of hydrogen-bond acceptors (Lipinski definition) is 3. The van der Waals surface area contributed by atoms with Crippen molar-refractivity contribution in [2.24, 2.45) is 0 Å². The van der Waals surface area contributed by atoms with Crippen molar-refractivity contribution in [3.63, 3.8) is 0 Å². The molecule has 0 spiro atoms. The zero-order valence-electron chi connectivity index (χ0n) is 10.6. The number of halogens is 1. The molecule has 0 aliphatic heterocycles. The van der Waals surface area contributed by atoms with Gasteiger partial charge in [0.25, 0.3) is 0 Å². The Morgan fingerprint density at radius 3 is 2.50 bits per heavy atom. The highest BCUT2D eigenvalue weighted by molar-refractivity contribution is 9.10. The first kappa shape index (κ1) is 13.4. The standard InChI is InChI=1S/C15H12BrN3S/c16-13-8-6-12(7-9-13)10-20-15-18-17-11-19(15)14-4-2-1-3-5-14/h1-9,11H,10H2. The third-order valence-corrected chi connectivity index (χ3v) is 4.37. The van der Waals surface area contributed by atoms with E-state index >= 15 is 0 Å². The van der Waals surface area contributed by atoms with Gasteiger partial charge in [-0.3, -0.25) is 4.57 Å². The molecule has 3 nitrogen and oxygen atoms in total. The number of para-hydroxylation sites is 1. The highest BCUT2D eigenvalue weighted by Crippen LogP contribution is 2.24. The summed E-state index contributed by atoms with van der Waals surface area (Å²) in [5, 5.41) is 9.10. The van der Waals surface area contributed by atoms with E-state index in [0.717, 1.165) is 21.1 Å². The molecule has 100 valence electrons. The van der Waals surface area contributed by atoms with E-state index in [4.69, 9.17) is 0 Å². The zero-order chi connectivity index (χ0) is 13.8. The van der Waals surface area contributed by atoms with E-state index in [9.17, 15) is 0 Å². The van der Waals surface area contributed by atoms with Gasteiger partial charge in [-0.1, -0.05) is 58.0 Å². The van der Waals surface area contributed by atoms with Gasteiger partial charge in [0.2, 0.25) is 0 Å². The Hall–Kier alpha value is -1.59. The lowest BCUT2D eigenvalue weighted by Gasteiger charge is -2.06. The fourth-order valence-electron chi connectivity index (χ4n) is 1.82. The molecule has 0 aliphatic carbocycles. The molecular formula is C15H12BrN3S. The normalized spacial score (nSPS) is 10.7. The van der Waals surface area contributed by atoms with E-state index in [2.05, 4.69) is 50.4 Å². The molecule has 0 bridgehead atoms. The predicted octanol–water partition coefficient (Wildman–Crippen LogP) is 4.32. The van der Waals surface area contributed by atoms with Crippen LogP contribution < -0.4 is 0 Å². The highest BCUT2D eigenvalue weighted by atomic mass is 79.9. The number of benzene rings is 2. The number of nitrogens with zero attached hydrogens (tertiary/aromatic N) is 3. The van der Waals surface area contributed by atoms with Crippen molar-refractivity contribution in [1.82, 2.24) is 14.8 Å². The lowest BCUT2D eigenvalue weighted by molar-refractivity contribution is 0.884. The summed E-state index contributed by atoms with van der Waals surface area (Å²) in [6.45, 7) is 0. The van der Waals surface area contributed by atoms with Crippen molar-refractivity contribution >= 4 is 27.7 Å². The largest absolute Gasteiger partial charge is 0.277 e. The topological polar surface area (TPSA) is 30.7 Å². The maximum absolute atomic E-state index is 4.19. The fraction of sp³-hybridized carbons (Fsp3) is 0.0667. The van der Waals surface area contributed by atoms with E-state index in [-0.39, 0.29) is 0 Å². The van der Waals surface area contributed by atoms with Gasteiger partial charge in [-0.25, -0.2) is 0 Å². The van der Waals surface area contributed by atoms with E-state index in [1.807, 2.05) is 34.9 Å². The zero-order valence-corrected chi connectivity index (χ0v) is 13.0. The molecule has 1 aromatic heterocycles. The van der Waals surface area contributed by atoms with Crippen LogP contribution in [0.2, 0.25) is 0 Å². The number of aromatic nitrogens is 3. The van der Waals surface area contributed by atoms with Gasteiger partial charge in [0.05, 0.1) is 0 Å². The van der Waals surface area contributed by atoms with E-state index in [1.165, 1.54) is 5.56 Å². The lowest BCUT2D eigenvalue weighted by Crippen LogP contribution is -1.94. The summed E-state index contributed by atoms with van der Waals surface area (Å²) in [6, 6.07) is 18.5. The second-order valence-corrected chi connectivity index (χ2v) is 6.09. The van der Waals surface area contributed by atoms with Crippen molar-refractivity contribution in [3.8, 4) is 5.69 Å². The molecule has 5 heteroatoms. The van der Waals surface area contributed by atoms with Gasteiger partial charge < -0.3 is 0 Å². The average Bonchev–Trinajstić information content (AvgIpc) is 2.96. The minimum Gasteiger partial charge on any atom is -0.277 e. The Kier molecular flexibility index (Phi) is 4.18. The van der Waals surface area contributed by atoms with Crippen molar-refractivity contribution in [2.45, 2.75) is 10.9 Å². The van der Waals surface area contributed by atoms with Crippen molar-refractivity contribution in [2.75, 3.05) is 0 Å². The number of rotatable bonds is 4. The van der Waals surface area contributed by atoms with E-state index < -0.39 is 0 Å². The minimum absolute atomic E-state index is 0.874. The van der Waals surface area contributed by atoms with Gasteiger partial charge in [0, 0.05) is 15.9 Å². The molecule has 3 rings (SSSR count). The molecule has 0 atom stereocenters. The van der Waals surface area contributed by atoms with Gasteiger partial charge in [-0.2, -0.15) is 0 Å². The molecular weight excluding hydrogens is 334 g/mol. The minimum atomic E-state index is 0.874. The molecule has 0 radical (unpaired) electrons. The Balaban J connectivity index is 1.76. The third-order valence-electron chi connectivity index (χ3n) is 2.83. The monoisotopic (exact) mass is 345 g/mol. The smallest absolute Gasteiger partial charge is 0.195 e. The van der Waals surface area contributed by atoms with Crippen molar-refractivity contribution in [3.05, 3.63) is 71.0 Å². The van der Waals surface area contributed by atoms with Gasteiger partial charge in [0.1, 0.15) is 6.33 Å². The molecule has 0 saturated carbocycles. The third kappa shape index (κ3) is 3.11. The molecule has 2 aromatic carbocycles. The van der Waals surface area contributed by atoms with Crippen LogP contribution in [0.25, 0.3) is 5.69 Å². The quantitative estimate of drug-likeness (QED) is 0.659. The maximum atomic E-state index is 4.19. The van der Waals surface area contributed by atoms with Gasteiger partial charge in [-0.15, -0.1) is 10.2 Å². The molecule has 20 heavy (non-hydrogen) atoms. The van der Waals surface area contributed by atoms with Crippen molar-refractivity contribution in [1.29, 1.82) is 0 Å². The van der Waals surface area contributed by atoms with Crippen LogP contribution >= 0.6 is 27.7 Å². The highest BCUT2D eigenvalue weighted by Gasteiger charge is 2.07. The van der Waals surface area contributed by atoms with Crippen LogP contribution in [0, 0.1) is 0 Å². The van der Waals surface area contributed by atoms with Crippen LogP contribution in [-0.4, -0.2) is 14.8 Å². The SMILES string of the molecule is Brc1ccc(CSc2nncn2-c2ccccc2)cc1. The van der Waals surface area contributed by atoms with Gasteiger partial charge in [0.15, 0.2) is 5.16 Å². The summed E-state index contributed by atoms with van der Waals surface area (Å²) < 4.78 is 3.10. The van der Waals surface area contributed by atoms with Crippen LogP contribution in [0.4, 0.5) is 0 Å². The number of thioether (sulfide) groups is 1. The maximum Gasteiger partial charge on any atom is 0.195 e. The lowest BCUT2D eigenvalue weighted by atomic mass is 10.2. The predicted molar refractivity (Wildman–Crippen MR) is 85.1 cm³/mol. The van der Waals surface area contributed by atoms with Crippen LogP contribution in [0.15, 0.2) is 70.6 Å². The van der Waals surface area contributed by atoms with Crippen LogP contribution in [0.5, 0.6) is 0 Å². The summed E-state index contributed by atoms with van der Waals surface area (Å²) in [4.78, 5) is 0. The van der Waals surface area contributed by atoms with Crippen LogP contribution in [-0.2, 0) is 5.75 Å². The first-order valence-corrected chi connectivity index (χ1v) is 7.93. The van der Waals surface area contributed by atoms with Crippen LogP contribution in [0.3, 0.4) is 0 Å². The first-order valence-electron chi connectivity index (χ1n) is 6.15. The molecule has 3 aromatic rings. The Labute approximate surface area is 130 Å². The van der Waals surface area contributed by atoms with E-state index in [0.29, 0.717) is 0 Å². The Morgan fingerprint density at radius 2 is 1.75 bits per heavy atom. The molecule has 0 N–H and O–H groups in total. The second-order valence-electron chi connectivity index (χ2n) is 4.23. The average molecular weight is 346 g/mol. The summed E-state index contributed by atoms with van der Waals surface area (Å²) in [6.07, 6.45) is 1.75. The summed E-state index contributed by atoms with van der Waals surface area (Å²) >= 11 is 5.13. The van der Waals surface area contributed by atoms with Crippen molar-refractivity contribution < 1.29 is 0 Å². The molecule has 0 aliphatic rings. The Bertz CT molecular complexity index is 680. The van der Waals surface area contributed by atoms with Gasteiger partial charge in [-0.05, 0) is 29.8 Å². The summed E-state index contributed by atoms with van der Waals surface area (Å²) in [5.41, 5.74) is 2.34. The molecule has 0 amide bonds. The summed E-state index contributed by atoms with van der Waals surface area (Å²) in [5.74, 6) is 0.874. The number of hydrogen-bond donors (Lipinski definition) is 0. The second kappa shape index (κ2) is 6.24. The molecule has 0 unspecified atom stereocenters. The van der Waals surface area contributed by atoms with E-state index in [1.54, 1.807) is 18.1 Å². The molecule has 0 fully saturated rings. The first-order chi connectivity index (χ1) is 9.83. The summed E-state index contributed by atoms with van der Waals surface area (Å²) in [7, 11) is 0. The van der Waals surface area contributed by atoms with Crippen LogP contribution in [0.1, 0.15) is 5.56 Å². The Morgan fingerprint density at radius 1 is 1.00 bits per heavy atom.